The molecule has 2 nitrogen and oxygen atoms in total. The van der Waals surface area contributed by atoms with E-state index in [1.165, 1.54) is 6.07 Å². The molecular weight excluding hydrogens is 283 g/mol. The quantitative estimate of drug-likeness (QED) is 0.901. The highest BCUT2D eigenvalue weighted by molar-refractivity contribution is 9.10. The average molecular weight is 299 g/mol. The second-order valence-electron chi connectivity index (χ2n) is 5.15. The van der Waals surface area contributed by atoms with Crippen molar-refractivity contribution >= 4 is 15.9 Å². The second kappa shape index (κ2) is 4.67. The molecule has 1 aromatic rings. The van der Waals surface area contributed by atoms with Gasteiger partial charge in [-0.25, -0.2) is 4.39 Å². The summed E-state index contributed by atoms with van der Waals surface area (Å²) in [4.78, 5) is 2.44. The van der Waals surface area contributed by atoms with Gasteiger partial charge < -0.3 is 5.32 Å². The monoisotopic (exact) mass is 298 g/mol. The minimum atomic E-state index is -0.157. The summed E-state index contributed by atoms with van der Waals surface area (Å²) in [5.74, 6) is 1.44. The number of rotatable bonds is 2. The van der Waals surface area contributed by atoms with Crippen LogP contribution in [0.1, 0.15) is 5.56 Å². The van der Waals surface area contributed by atoms with E-state index < -0.39 is 0 Å². The van der Waals surface area contributed by atoms with Crippen molar-refractivity contribution in [1.29, 1.82) is 0 Å². The fraction of sp³-hybridized carbons (Fsp3) is 0.538. The van der Waals surface area contributed by atoms with Crippen molar-refractivity contribution in [2.45, 2.75) is 6.54 Å². The van der Waals surface area contributed by atoms with Crippen LogP contribution in [-0.2, 0) is 6.54 Å². The molecule has 92 valence electrons. The van der Waals surface area contributed by atoms with Crippen molar-refractivity contribution in [3.63, 3.8) is 0 Å². The van der Waals surface area contributed by atoms with Gasteiger partial charge in [-0.1, -0.05) is 15.9 Å². The molecule has 1 N–H and O–H groups in total. The summed E-state index contributed by atoms with van der Waals surface area (Å²) < 4.78 is 14.1. The summed E-state index contributed by atoms with van der Waals surface area (Å²) >= 11 is 3.34. The smallest absolute Gasteiger partial charge is 0.124 e. The van der Waals surface area contributed by atoms with Gasteiger partial charge in [0.2, 0.25) is 0 Å². The fourth-order valence-corrected chi connectivity index (χ4v) is 3.55. The molecule has 2 aliphatic rings. The van der Waals surface area contributed by atoms with Crippen LogP contribution in [0.2, 0.25) is 0 Å². The first-order chi connectivity index (χ1) is 8.20. The fourth-order valence-electron chi connectivity index (χ4n) is 3.04. The van der Waals surface area contributed by atoms with E-state index in [-0.39, 0.29) is 5.82 Å². The van der Waals surface area contributed by atoms with Gasteiger partial charge in [-0.15, -0.1) is 0 Å². The van der Waals surface area contributed by atoms with Crippen molar-refractivity contribution in [1.82, 2.24) is 10.2 Å². The van der Waals surface area contributed by atoms with E-state index in [2.05, 4.69) is 26.1 Å². The van der Waals surface area contributed by atoms with Crippen LogP contribution in [0.4, 0.5) is 4.39 Å². The van der Waals surface area contributed by atoms with Crippen LogP contribution in [0, 0.1) is 17.7 Å². The van der Waals surface area contributed by atoms with Crippen LogP contribution < -0.4 is 5.32 Å². The molecule has 2 atom stereocenters. The zero-order chi connectivity index (χ0) is 11.8. The number of nitrogens with one attached hydrogen (secondary N) is 1. The van der Waals surface area contributed by atoms with Crippen LogP contribution in [-0.4, -0.2) is 31.1 Å². The van der Waals surface area contributed by atoms with Gasteiger partial charge in [-0.2, -0.15) is 0 Å². The van der Waals surface area contributed by atoms with Crippen molar-refractivity contribution in [2.75, 3.05) is 26.2 Å². The summed E-state index contributed by atoms with van der Waals surface area (Å²) in [6.07, 6.45) is 0. The Morgan fingerprint density at radius 1 is 1.24 bits per heavy atom. The van der Waals surface area contributed by atoms with Crippen LogP contribution in [0.3, 0.4) is 0 Å². The highest BCUT2D eigenvalue weighted by atomic mass is 79.9. The molecule has 2 heterocycles. The molecule has 1 aromatic carbocycles. The SMILES string of the molecule is Fc1cc(Br)cc(CN2C[C@H]3CNC[C@H]3C2)c1. The first kappa shape index (κ1) is 11.6. The summed E-state index contributed by atoms with van der Waals surface area (Å²) in [6.45, 7) is 5.45. The average Bonchev–Trinajstić information content (AvgIpc) is 2.75. The van der Waals surface area contributed by atoms with Gasteiger partial charge in [0, 0.05) is 24.1 Å². The molecule has 4 heteroatoms. The highest BCUT2D eigenvalue weighted by Gasteiger charge is 2.35. The Morgan fingerprint density at radius 3 is 2.59 bits per heavy atom. The van der Waals surface area contributed by atoms with Crippen molar-refractivity contribution in [3.05, 3.63) is 34.1 Å². The van der Waals surface area contributed by atoms with E-state index >= 15 is 0 Å². The Kier molecular flexibility index (Phi) is 3.19. The van der Waals surface area contributed by atoms with Crippen LogP contribution >= 0.6 is 15.9 Å². The minimum Gasteiger partial charge on any atom is -0.316 e. The molecule has 0 unspecified atom stereocenters. The molecule has 2 fully saturated rings. The van der Waals surface area contributed by atoms with Crippen LogP contribution in [0.25, 0.3) is 0 Å². The lowest BCUT2D eigenvalue weighted by Crippen LogP contribution is -2.25. The third-order valence-electron chi connectivity index (χ3n) is 3.79. The van der Waals surface area contributed by atoms with Crippen molar-refractivity contribution < 1.29 is 4.39 Å². The van der Waals surface area contributed by atoms with Crippen molar-refractivity contribution in [3.8, 4) is 0 Å². The zero-order valence-electron chi connectivity index (χ0n) is 9.63. The third kappa shape index (κ3) is 2.54. The number of fused-ring (bicyclic) bond motifs is 1. The molecule has 0 bridgehead atoms. The van der Waals surface area contributed by atoms with E-state index in [0.717, 1.165) is 54.6 Å². The third-order valence-corrected chi connectivity index (χ3v) is 4.25. The molecule has 0 aromatic heterocycles. The van der Waals surface area contributed by atoms with Gasteiger partial charge in [0.15, 0.2) is 0 Å². The topological polar surface area (TPSA) is 15.3 Å². The Morgan fingerprint density at radius 2 is 1.94 bits per heavy atom. The number of likely N-dealkylation sites (tertiary alicyclic amines) is 1. The summed E-state index contributed by atoms with van der Waals surface area (Å²) in [6, 6.07) is 5.15. The first-order valence-electron chi connectivity index (χ1n) is 6.09. The van der Waals surface area contributed by atoms with Gasteiger partial charge in [-0.3, -0.25) is 4.90 Å². The number of benzene rings is 1. The van der Waals surface area contributed by atoms with E-state index in [1.54, 1.807) is 6.07 Å². The Bertz CT molecular complexity index is 392. The molecule has 2 aliphatic heterocycles. The molecule has 0 saturated carbocycles. The summed E-state index contributed by atoms with van der Waals surface area (Å²) in [7, 11) is 0. The highest BCUT2D eigenvalue weighted by Crippen LogP contribution is 2.28. The van der Waals surface area contributed by atoms with Crippen LogP contribution in [0.15, 0.2) is 22.7 Å². The maximum Gasteiger partial charge on any atom is 0.124 e. The summed E-state index contributed by atoms with van der Waals surface area (Å²) in [5.41, 5.74) is 1.06. The number of hydrogen-bond donors (Lipinski definition) is 1. The molecule has 3 rings (SSSR count). The zero-order valence-corrected chi connectivity index (χ0v) is 11.2. The second-order valence-corrected chi connectivity index (χ2v) is 6.07. The predicted molar refractivity (Wildman–Crippen MR) is 69.2 cm³/mol. The lowest BCUT2D eigenvalue weighted by molar-refractivity contribution is 0.305. The molecule has 17 heavy (non-hydrogen) atoms. The predicted octanol–water partition coefficient (Wildman–Crippen LogP) is 2.24. The molecule has 0 aliphatic carbocycles. The maximum absolute atomic E-state index is 13.3. The number of hydrogen-bond acceptors (Lipinski definition) is 2. The lowest BCUT2D eigenvalue weighted by atomic mass is 10.0. The van der Waals surface area contributed by atoms with Gasteiger partial charge in [0.25, 0.3) is 0 Å². The van der Waals surface area contributed by atoms with Gasteiger partial charge in [0.1, 0.15) is 5.82 Å². The van der Waals surface area contributed by atoms with Gasteiger partial charge in [-0.05, 0) is 48.7 Å². The minimum absolute atomic E-state index is 0.157. The Labute approximate surface area is 109 Å². The standard InChI is InChI=1S/C13H16BrFN2/c14-12-1-9(2-13(15)3-12)6-17-7-10-4-16-5-11(10)8-17/h1-3,10-11,16H,4-8H2/t10-,11+. The number of nitrogens with zero attached hydrogens (tertiary/aromatic N) is 1. The van der Waals surface area contributed by atoms with E-state index in [4.69, 9.17) is 0 Å². The number of halogens is 2. The first-order valence-corrected chi connectivity index (χ1v) is 6.88. The molecule has 0 radical (unpaired) electrons. The normalized spacial score (nSPS) is 28.6. The van der Waals surface area contributed by atoms with Crippen molar-refractivity contribution in [2.24, 2.45) is 11.8 Å². The Balaban J connectivity index is 1.67. The largest absolute Gasteiger partial charge is 0.316 e. The van der Waals surface area contributed by atoms with Gasteiger partial charge in [0.05, 0.1) is 0 Å². The molecule has 0 spiro atoms. The van der Waals surface area contributed by atoms with Gasteiger partial charge >= 0.3 is 0 Å². The summed E-state index contributed by atoms with van der Waals surface area (Å²) in [5, 5.41) is 3.43. The van der Waals surface area contributed by atoms with E-state index in [0.29, 0.717) is 0 Å². The molecule has 2 saturated heterocycles. The van der Waals surface area contributed by atoms with Crippen LogP contribution in [0.5, 0.6) is 0 Å². The van der Waals surface area contributed by atoms with E-state index in [9.17, 15) is 4.39 Å². The molecular formula is C13H16BrFN2. The lowest BCUT2D eigenvalue weighted by Gasteiger charge is -2.17. The maximum atomic E-state index is 13.3. The Hall–Kier alpha value is -0.450. The van der Waals surface area contributed by atoms with E-state index in [1.807, 2.05) is 6.07 Å². The molecule has 0 amide bonds.